The normalized spacial score (nSPS) is 12.9. The molecule has 0 radical (unpaired) electrons. The molecule has 1 aromatic heterocycles. The van der Waals surface area contributed by atoms with E-state index < -0.39 is 0 Å². The van der Waals surface area contributed by atoms with Crippen molar-refractivity contribution in [3.63, 3.8) is 0 Å². The third kappa shape index (κ3) is 6.62. The van der Waals surface area contributed by atoms with Crippen molar-refractivity contribution in [3.05, 3.63) is 18.7 Å². The van der Waals surface area contributed by atoms with Crippen LogP contribution in [0, 0.1) is 0 Å². The van der Waals surface area contributed by atoms with E-state index >= 15 is 0 Å². The van der Waals surface area contributed by atoms with Gasteiger partial charge in [0.15, 0.2) is 0 Å². The Morgan fingerprint density at radius 2 is 1.81 bits per heavy atom. The minimum absolute atomic E-state index is 0.124. The first-order valence-electron chi connectivity index (χ1n) is 6.43. The Labute approximate surface area is 98.5 Å². The lowest BCUT2D eigenvalue weighted by atomic mass is 10.1. The molecular formula is C13H24N2O. The van der Waals surface area contributed by atoms with Crippen LogP contribution in [0.2, 0.25) is 0 Å². The number of unbranched alkanes of at least 4 members (excludes halogenated alkanes) is 5. The van der Waals surface area contributed by atoms with E-state index in [-0.39, 0.29) is 6.10 Å². The molecule has 1 N–H and O–H groups in total. The van der Waals surface area contributed by atoms with E-state index in [0.29, 0.717) is 0 Å². The molecule has 0 saturated carbocycles. The van der Waals surface area contributed by atoms with Crippen LogP contribution in [0.4, 0.5) is 0 Å². The second kappa shape index (κ2) is 8.34. The summed E-state index contributed by atoms with van der Waals surface area (Å²) in [6, 6.07) is 0. The molecule has 1 aromatic rings. The van der Waals surface area contributed by atoms with Crippen LogP contribution in [0.5, 0.6) is 0 Å². The molecule has 1 atom stereocenters. The van der Waals surface area contributed by atoms with Crippen molar-refractivity contribution in [1.82, 2.24) is 9.55 Å². The molecule has 16 heavy (non-hydrogen) atoms. The summed E-state index contributed by atoms with van der Waals surface area (Å²) in [5.41, 5.74) is 0. The number of aliphatic hydroxyl groups excluding tert-OH is 1. The number of aliphatic hydroxyl groups is 1. The van der Waals surface area contributed by atoms with Crippen LogP contribution >= 0.6 is 0 Å². The first kappa shape index (κ1) is 13.2. The van der Waals surface area contributed by atoms with Gasteiger partial charge in [-0.05, 0) is 19.8 Å². The molecule has 0 aliphatic heterocycles. The minimum atomic E-state index is -0.124. The van der Waals surface area contributed by atoms with Gasteiger partial charge in [-0.15, -0.1) is 0 Å². The average molecular weight is 224 g/mol. The molecule has 0 aliphatic carbocycles. The van der Waals surface area contributed by atoms with Gasteiger partial charge in [-0.3, -0.25) is 0 Å². The number of rotatable bonds is 9. The molecule has 92 valence electrons. The van der Waals surface area contributed by atoms with Gasteiger partial charge in [0, 0.05) is 18.9 Å². The van der Waals surface area contributed by atoms with Gasteiger partial charge in [-0.25, -0.2) is 4.98 Å². The van der Waals surface area contributed by atoms with E-state index in [4.69, 9.17) is 5.11 Å². The van der Waals surface area contributed by atoms with E-state index in [9.17, 15) is 0 Å². The van der Waals surface area contributed by atoms with E-state index in [1.54, 1.807) is 0 Å². The maximum Gasteiger partial charge on any atom is 0.0945 e. The van der Waals surface area contributed by atoms with Crippen LogP contribution in [-0.4, -0.2) is 20.8 Å². The topological polar surface area (TPSA) is 38.0 Å². The molecule has 0 saturated heterocycles. The molecular weight excluding hydrogens is 200 g/mol. The zero-order valence-corrected chi connectivity index (χ0v) is 10.3. The highest BCUT2D eigenvalue weighted by Gasteiger charge is 1.96. The number of aryl methyl sites for hydroxylation is 1. The Kier molecular flexibility index (Phi) is 6.90. The predicted molar refractivity (Wildman–Crippen MR) is 66.2 cm³/mol. The van der Waals surface area contributed by atoms with Gasteiger partial charge in [0.1, 0.15) is 0 Å². The quantitative estimate of drug-likeness (QED) is 0.655. The summed E-state index contributed by atoms with van der Waals surface area (Å²) in [5, 5.41) is 9.09. The van der Waals surface area contributed by atoms with Crippen LogP contribution in [0.1, 0.15) is 51.9 Å². The fourth-order valence-corrected chi connectivity index (χ4v) is 1.86. The predicted octanol–water partition coefficient (Wildman–Crippen LogP) is 2.99. The van der Waals surface area contributed by atoms with Crippen molar-refractivity contribution in [1.29, 1.82) is 0 Å². The van der Waals surface area contributed by atoms with Crippen LogP contribution < -0.4 is 0 Å². The van der Waals surface area contributed by atoms with E-state index in [1.807, 2.05) is 25.6 Å². The highest BCUT2D eigenvalue weighted by Crippen LogP contribution is 2.09. The van der Waals surface area contributed by atoms with Crippen molar-refractivity contribution in [2.45, 2.75) is 64.5 Å². The molecule has 0 aliphatic rings. The molecule has 3 nitrogen and oxygen atoms in total. The molecule has 0 spiro atoms. The summed E-state index contributed by atoms with van der Waals surface area (Å²) in [7, 11) is 0. The lowest BCUT2D eigenvalue weighted by Gasteiger charge is -2.04. The molecule has 0 fully saturated rings. The monoisotopic (exact) mass is 224 g/mol. The molecule has 1 heterocycles. The summed E-state index contributed by atoms with van der Waals surface area (Å²) in [4.78, 5) is 4.02. The average Bonchev–Trinajstić information content (AvgIpc) is 2.74. The molecule has 0 amide bonds. The van der Waals surface area contributed by atoms with Crippen LogP contribution in [0.25, 0.3) is 0 Å². The first-order chi connectivity index (χ1) is 7.79. The minimum Gasteiger partial charge on any atom is -0.393 e. The highest BCUT2D eigenvalue weighted by atomic mass is 16.3. The number of imidazole rings is 1. The van der Waals surface area contributed by atoms with Gasteiger partial charge in [0.25, 0.3) is 0 Å². The van der Waals surface area contributed by atoms with Gasteiger partial charge in [-0.2, -0.15) is 0 Å². The van der Waals surface area contributed by atoms with E-state index in [1.165, 1.54) is 38.5 Å². The van der Waals surface area contributed by atoms with Gasteiger partial charge in [0.2, 0.25) is 0 Å². The number of hydrogen-bond acceptors (Lipinski definition) is 2. The summed E-state index contributed by atoms with van der Waals surface area (Å²) in [6.07, 6.45) is 14.1. The Balaban J connectivity index is 1.82. The SMILES string of the molecule is CC(O)CCCCCCCCn1ccnc1. The van der Waals surface area contributed by atoms with Crippen molar-refractivity contribution in [2.24, 2.45) is 0 Å². The largest absolute Gasteiger partial charge is 0.393 e. The number of hydrogen-bond donors (Lipinski definition) is 1. The molecule has 1 unspecified atom stereocenters. The Bertz CT molecular complexity index is 244. The molecule has 0 bridgehead atoms. The van der Waals surface area contributed by atoms with Gasteiger partial charge in [0.05, 0.1) is 12.4 Å². The second-order valence-electron chi connectivity index (χ2n) is 4.56. The van der Waals surface area contributed by atoms with Crippen LogP contribution in [0.3, 0.4) is 0 Å². The van der Waals surface area contributed by atoms with Crippen molar-refractivity contribution < 1.29 is 5.11 Å². The summed E-state index contributed by atoms with van der Waals surface area (Å²) >= 11 is 0. The fourth-order valence-electron chi connectivity index (χ4n) is 1.86. The lowest BCUT2D eigenvalue weighted by Crippen LogP contribution is -1.98. The smallest absolute Gasteiger partial charge is 0.0945 e. The van der Waals surface area contributed by atoms with E-state index in [0.717, 1.165) is 13.0 Å². The number of aromatic nitrogens is 2. The maximum atomic E-state index is 9.09. The Hall–Kier alpha value is -0.830. The maximum absolute atomic E-state index is 9.09. The van der Waals surface area contributed by atoms with Gasteiger partial charge in [-0.1, -0.05) is 32.1 Å². The standard InChI is InChI=1S/C13H24N2O/c1-13(16)8-6-4-2-3-5-7-10-15-11-9-14-12-15/h9,11-13,16H,2-8,10H2,1H3. The third-order valence-electron chi connectivity index (χ3n) is 2.85. The second-order valence-corrected chi connectivity index (χ2v) is 4.56. The van der Waals surface area contributed by atoms with Gasteiger partial charge < -0.3 is 9.67 Å². The molecule has 0 aromatic carbocycles. The van der Waals surface area contributed by atoms with Gasteiger partial charge >= 0.3 is 0 Å². The van der Waals surface area contributed by atoms with E-state index in [2.05, 4.69) is 9.55 Å². The zero-order valence-electron chi connectivity index (χ0n) is 10.3. The lowest BCUT2D eigenvalue weighted by molar-refractivity contribution is 0.180. The Morgan fingerprint density at radius 1 is 1.12 bits per heavy atom. The molecule has 3 heteroatoms. The highest BCUT2D eigenvalue weighted by molar-refractivity contribution is 4.73. The zero-order chi connectivity index (χ0) is 11.6. The summed E-state index contributed by atoms with van der Waals surface area (Å²) in [6.45, 7) is 2.96. The van der Waals surface area contributed by atoms with Crippen molar-refractivity contribution in [3.8, 4) is 0 Å². The third-order valence-corrected chi connectivity index (χ3v) is 2.85. The fraction of sp³-hybridized carbons (Fsp3) is 0.769. The summed E-state index contributed by atoms with van der Waals surface area (Å²) in [5.74, 6) is 0. The van der Waals surface area contributed by atoms with Crippen molar-refractivity contribution in [2.75, 3.05) is 0 Å². The van der Waals surface area contributed by atoms with Crippen molar-refractivity contribution >= 4 is 0 Å². The van der Waals surface area contributed by atoms with Crippen LogP contribution in [-0.2, 0) is 6.54 Å². The van der Waals surface area contributed by atoms with Crippen LogP contribution in [0.15, 0.2) is 18.7 Å². The first-order valence-corrected chi connectivity index (χ1v) is 6.43. The molecule has 1 rings (SSSR count). The number of nitrogens with zero attached hydrogens (tertiary/aromatic N) is 2. The Morgan fingerprint density at radius 3 is 2.44 bits per heavy atom. The summed E-state index contributed by atoms with van der Waals surface area (Å²) < 4.78 is 2.13.